The fourth-order valence-corrected chi connectivity index (χ4v) is 6.79. The summed E-state index contributed by atoms with van der Waals surface area (Å²) < 4.78 is 30.1. The Labute approximate surface area is 262 Å². The summed E-state index contributed by atoms with van der Waals surface area (Å²) in [4.78, 5) is 29.8. The largest absolute Gasteiger partial charge is 0.352 e. The van der Waals surface area contributed by atoms with Crippen molar-refractivity contribution in [3.8, 4) is 0 Å². The van der Waals surface area contributed by atoms with Gasteiger partial charge >= 0.3 is 0 Å². The van der Waals surface area contributed by atoms with Gasteiger partial charge in [-0.2, -0.15) is 0 Å². The molecule has 1 atom stereocenters. The zero-order valence-electron chi connectivity index (χ0n) is 24.5. The van der Waals surface area contributed by atoms with Gasteiger partial charge in [-0.25, -0.2) is 8.42 Å². The van der Waals surface area contributed by atoms with Crippen LogP contribution in [0.25, 0.3) is 0 Å². The lowest BCUT2D eigenvalue weighted by atomic mass is 10.0. The van der Waals surface area contributed by atoms with E-state index in [0.717, 1.165) is 19.9 Å². The number of amides is 2. The number of sulfonamides is 1. The van der Waals surface area contributed by atoms with E-state index in [4.69, 9.17) is 0 Å². The van der Waals surface area contributed by atoms with Gasteiger partial charge in [0.05, 0.1) is 10.6 Å². The van der Waals surface area contributed by atoms with Crippen molar-refractivity contribution < 1.29 is 18.0 Å². The predicted octanol–water partition coefficient (Wildman–Crippen LogP) is 6.12. The van der Waals surface area contributed by atoms with Crippen LogP contribution in [0.5, 0.6) is 0 Å². The van der Waals surface area contributed by atoms with Gasteiger partial charge in [0.15, 0.2) is 0 Å². The van der Waals surface area contributed by atoms with Crippen LogP contribution in [0.2, 0.25) is 0 Å². The lowest BCUT2D eigenvalue weighted by Gasteiger charge is -2.34. The van der Waals surface area contributed by atoms with E-state index in [9.17, 15) is 18.0 Å². The highest BCUT2D eigenvalue weighted by Crippen LogP contribution is 2.28. The standard InChI is InChI=1S/C34H36BrN3O4S/c1-25(2)36-34(40)32(22-27-14-6-4-7-15-27)37(23-28-16-12-17-29(35)21-28)33(39)24-38(31-20-11-10-13-26(31)3)43(41,42)30-18-8-5-9-19-30/h4-21,25,32H,22-24H2,1-3H3,(H,36,40). The SMILES string of the molecule is Cc1ccccc1N(CC(=O)N(Cc1cccc(Br)c1)C(Cc1ccccc1)C(=O)NC(C)C)S(=O)(=O)c1ccccc1. The third kappa shape index (κ3) is 8.33. The molecule has 4 aromatic carbocycles. The number of nitrogens with zero attached hydrogens (tertiary/aromatic N) is 2. The number of halogens is 1. The Morgan fingerprint density at radius 3 is 2.05 bits per heavy atom. The maximum absolute atomic E-state index is 14.5. The molecule has 0 aliphatic rings. The van der Waals surface area contributed by atoms with Gasteiger partial charge in [-0.05, 0) is 67.8 Å². The van der Waals surface area contributed by atoms with Crippen LogP contribution in [0, 0.1) is 6.92 Å². The van der Waals surface area contributed by atoms with Crippen molar-refractivity contribution in [1.29, 1.82) is 0 Å². The summed E-state index contributed by atoms with van der Waals surface area (Å²) in [6.45, 7) is 5.15. The average molecular weight is 663 g/mol. The first-order valence-corrected chi connectivity index (χ1v) is 16.3. The van der Waals surface area contributed by atoms with Crippen LogP contribution in [-0.4, -0.2) is 43.8 Å². The van der Waals surface area contributed by atoms with E-state index in [-0.39, 0.29) is 29.8 Å². The van der Waals surface area contributed by atoms with Crippen molar-refractivity contribution in [1.82, 2.24) is 10.2 Å². The lowest BCUT2D eigenvalue weighted by molar-refractivity contribution is -0.140. The third-order valence-corrected chi connectivity index (χ3v) is 9.21. The summed E-state index contributed by atoms with van der Waals surface area (Å²) in [7, 11) is -4.13. The zero-order valence-corrected chi connectivity index (χ0v) is 26.9. The van der Waals surface area contributed by atoms with Crippen molar-refractivity contribution >= 4 is 43.5 Å². The maximum Gasteiger partial charge on any atom is 0.264 e. The second kappa shape index (κ2) is 14.5. The van der Waals surface area contributed by atoms with E-state index in [1.54, 1.807) is 43.3 Å². The fourth-order valence-electron chi connectivity index (χ4n) is 4.84. The summed E-state index contributed by atoms with van der Waals surface area (Å²) in [5, 5.41) is 2.97. The molecule has 9 heteroatoms. The van der Waals surface area contributed by atoms with Gasteiger partial charge in [0.1, 0.15) is 12.6 Å². The molecule has 1 unspecified atom stereocenters. The Morgan fingerprint density at radius 1 is 0.814 bits per heavy atom. The molecule has 7 nitrogen and oxygen atoms in total. The van der Waals surface area contributed by atoms with Gasteiger partial charge in [0, 0.05) is 23.5 Å². The van der Waals surface area contributed by atoms with Crippen LogP contribution in [0.15, 0.2) is 119 Å². The van der Waals surface area contributed by atoms with E-state index in [1.165, 1.54) is 17.0 Å². The lowest BCUT2D eigenvalue weighted by Crippen LogP contribution is -2.54. The Hall–Kier alpha value is -3.95. The van der Waals surface area contributed by atoms with Crippen molar-refractivity contribution in [2.75, 3.05) is 10.8 Å². The Kier molecular flexibility index (Phi) is 10.8. The maximum atomic E-state index is 14.5. The van der Waals surface area contributed by atoms with E-state index in [2.05, 4.69) is 21.2 Å². The average Bonchev–Trinajstić information content (AvgIpc) is 2.98. The Balaban J connectivity index is 1.81. The minimum absolute atomic E-state index is 0.0722. The molecule has 0 aliphatic heterocycles. The van der Waals surface area contributed by atoms with Gasteiger partial charge in [-0.15, -0.1) is 0 Å². The molecule has 1 N–H and O–H groups in total. The zero-order chi connectivity index (χ0) is 31.0. The van der Waals surface area contributed by atoms with Crippen LogP contribution in [0.1, 0.15) is 30.5 Å². The molecular formula is C34H36BrN3O4S. The molecule has 0 aliphatic carbocycles. The number of para-hydroxylation sites is 1. The van der Waals surface area contributed by atoms with Crippen molar-refractivity contribution in [3.05, 3.63) is 130 Å². The molecule has 43 heavy (non-hydrogen) atoms. The Morgan fingerprint density at radius 2 is 1.42 bits per heavy atom. The molecule has 0 saturated carbocycles. The molecule has 4 aromatic rings. The normalized spacial score (nSPS) is 12.0. The van der Waals surface area contributed by atoms with Crippen molar-refractivity contribution in [2.45, 2.75) is 50.7 Å². The minimum Gasteiger partial charge on any atom is -0.352 e. The monoisotopic (exact) mass is 661 g/mol. The highest BCUT2D eigenvalue weighted by molar-refractivity contribution is 9.10. The number of aryl methyl sites for hydroxylation is 1. The minimum atomic E-state index is -4.13. The van der Waals surface area contributed by atoms with Gasteiger partial charge in [-0.3, -0.25) is 13.9 Å². The molecule has 0 saturated heterocycles. The van der Waals surface area contributed by atoms with Crippen molar-refractivity contribution in [3.63, 3.8) is 0 Å². The molecule has 0 heterocycles. The number of carbonyl (C=O) groups is 2. The van der Waals surface area contributed by atoms with Gasteiger partial charge < -0.3 is 10.2 Å². The van der Waals surface area contributed by atoms with E-state index >= 15 is 0 Å². The Bertz CT molecular complexity index is 1650. The molecule has 224 valence electrons. The molecule has 0 spiro atoms. The predicted molar refractivity (Wildman–Crippen MR) is 174 cm³/mol. The van der Waals surface area contributed by atoms with Crippen LogP contribution in [0.4, 0.5) is 5.69 Å². The molecule has 0 radical (unpaired) electrons. The van der Waals surface area contributed by atoms with Gasteiger partial charge in [0.2, 0.25) is 11.8 Å². The van der Waals surface area contributed by atoms with Crippen molar-refractivity contribution in [2.24, 2.45) is 0 Å². The van der Waals surface area contributed by atoms with E-state index in [0.29, 0.717) is 11.3 Å². The number of rotatable bonds is 12. The highest BCUT2D eigenvalue weighted by atomic mass is 79.9. The molecular weight excluding hydrogens is 626 g/mol. The molecule has 0 bridgehead atoms. The second-order valence-electron chi connectivity index (χ2n) is 10.6. The van der Waals surface area contributed by atoms with Gasteiger partial charge in [-0.1, -0.05) is 94.8 Å². The number of carbonyl (C=O) groups excluding carboxylic acids is 2. The summed E-state index contributed by atoms with van der Waals surface area (Å²) >= 11 is 3.50. The topological polar surface area (TPSA) is 86.8 Å². The summed E-state index contributed by atoms with van der Waals surface area (Å²) in [6.07, 6.45) is 0.259. The molecule has 2 amide bonds. The van der Waals surface area contributed by atoms with Crippen LogP contribution >= 0.6 is 15.9 Å². The fraction of sp³-hybridized carbons (Fsp3) is 0.235. The van der Waals surface area contributed by atoms with Gasteiger partial charge in [0.25, 0.3) is 10.0 Å². The number of benzene rings is 4. The molecule has 0 aromatic heterocycles. The van der Waals surface area contributed by atoms with E-state index in [1.807, 2.05) is 74.5 Å². The van der Waals surface area contributed by atoms with Crippen LogP contribution in [0.3, 0.4) is 0 Å². The number of anilines is 1. The number of hydrogen-bond donors (Lipinski definition) is 1. The van der Waals surface area contributed by atoms with Crippen LogP contribution < -0.4 is 9.62 Å². The smallest absolute Gasteiger partial charge is 0.264 e. The first-order valence-electron chi connectivity index (χ1n) is 14.1. The summed E-state index contributed by atoms with van der Waals surface area (Å²) in [5.41, 5.74) is 2.78. The van der Waals surface area contributed by atoms with Crippen LogP contribution in [-0.2, 0) is 32.6 Å². The summed E-state index contributed by atoms with van der Waals surface area (Å²) in [5.74, 6) is -0.807. The molecule has 4 rings (SSSR count). The summed E-state index contributed by atoms with van der Waals surface area (Å²) in [6, 6.07) is 31.1. The van der Waals surface area contributed by atoms with E-state index < -0.39 is 28.5 Å². The number of hydrogen-bond acceptors (Lipinski definition) is 4. The molecule has 0 fully saturated rings. The quantitative estimate of drug-likeness (QED) is 0.198. The first kappa shape index (κ1) is 32.0. The third-order valence-electron chi connectivity index (χ3n) is 6.94. The first-order chi connectivity index (χ1) is 20.6. The number of nitrogens with one attached hydrogen (secondary N) is 1. The highest BCUT2D eigenvalue weighted by Gasteiger charge is 2.35. The second-order valence-corrected chi connectivity index (χ2v) is 13.4.